The van der Waals surface area contributed by atoms with Crippen molar-refractivity contribution in [3.63, 3.8) is 0 Å². The van der Waals surface area contributed by atoms with E-state index in [4.69, 9.17) is 20.2 Å². The van der Waals surface area contributed by atoms with Crippen molar-refractivity contribution >= 4 is 33.0 Å². The lowest BCUT2D eigenvalue weighted by Gasteiger charge is -2.09. The Kier molecular flexibility index (Phi) is 4.94. The summed E-state index contributed by atoms with van der Waals surface area (Å²) < 4.78 is 10.7. The molecule has 0 bridgehead atoms. The van der Waals surface area contributed by atoms with Crippen molar-refractivity contribution in [1.82, 2.24) is 4.98 Å². The number of nitrogens with zero attached hydrogens (tertiary/aromatic N) is 1. The lowest BCUT2D eigenvalue weighted by atomic mass is 10.1. The Morgan fingerprint density at radius 2 is 1.69 bits per heavy atom. The molecule has 4 aromatic rings. The van der Waals surface area contributed by atoms with Crippen LogP contribution in [0.5, 0.6) is 11.5 Å². The molecule has 2 aromatic heterocycles. The molecule has 0 unspecified atom stereocenters. The molecule has 4 rings (SSSR count). The molecule has 0 fully saturated rings. The van der Waals surface area contributed by atoms with Crippen LogP contribution in [-0.4, -0.2) is 25.0 Å². The summed E-state index contributed by atoms with van der Waals surface area (Å²) in [6, 6.07) is 16.9. The summed E-state index contributed by atoms with van der Waals surface area (Å²) in [5.41, 5.74) is 10.2. The highest BCUT2D eigenvalue weighted by Crippen LogP contribution is 2.37. The molecule has 2 aromatic carbocycles. The second kappa shape index (κ2) is 7.56. The Bertz CT molecular complexity index is 1210. The van der Waals surface area contributed by atoms with Crippen molar-refractivity contribution in [2.24, 2.45) is 0 Å². The van der Waals surface area contributed by atoms with Gasteiger partial charge in [0.2, 0.25) is 5.78 Å². The van der Waals surface area contributed by atoms with Crippen molar-refractivity contribution in [3.8, 4) is 22.8 Å². The Balaban J connectivity index is 1.76. The average molecular weight is 404 g/mol. The summed E-state index contributed by atoms with van der Waals surface area (Å²) in [6.07, 6.45) is 0. The van der Waals surface area contributed by atoms with Crippen molar-refractivity contribution in [1.29, 1.82) is 0 Å². The zero-order valence-corrected chi connectivity index (χ0v) is 17.2. The summed E-state index contributed by atoms with van der Waals surface area (Å²) in [7, 11) is 3.20. The van der Waals surface area contributed by atoms with E-state index in [2.05, 4.69) is 0 Å². The van der Waals surface area contributed by atoms with Gasteiger partial charge in [-0.3, -0.25) is 4.79 Å². The number of anilines is 1. The van der Waals surface area contributed by atoms with Crippen LogP contribution in [0.3, 0.4) is 0 Å². The van der Waals surface area contributed by atoms with Crippen molar-refractivity contribution in [2.75, 3.05) is 20.0 Å². The molecule has 0 aliphatic carbocycles. The zero-order chi connectivity index (χ0) is 20.5. The SMILES string of the molecule is COc1ccc(-c2ccc3c(N)c(C(=O)c4ccc(C)cc4)sc3n2)cc1OC. The molecule has 0 aliphatic heterocycles. The number of fused-ring (bicyclic) bond motifs is 1. The normalized spacial score (nSPS) is 10.9. The minimum absolute atomic E-state index is 0.0850. The molecule has 2 N–H and O–H groups in total. The predicted octanol–water partition coefficient (Wildman–Crippen LogP) is 5.10. The molecule has 29 heavy (non-hydrogen) atoms. The molecule has 146 valence electrons. The van der Waals surface area contributed by atoms with Gasteiger partial charge < -0.3 is 15.2 Å². The number of pyridine rings is 1. The number of ether oxygens (including phenoxy) is 2. The number of rotatable bonds is 5. The number of carbonyl (C=O) groups is 1. The molecule has 2 heterocycles. The smallest absolute Gasteiger partial charge is 0.205 e. The van der Waals surface area contributed by atoms with Gasteiger partial charge in [0.25, 0.3) is 0 Å². The molecular formula is C23H20N2O3S. The minimum atomic E-state index is -0.0850. The number of methoxy groups -OCH3 is 2. The summed E-state index contributed by atoms with van der Waals surface area (Å²) in [5.74, 6) is 1.20. The molecule has 0 saturated heterocycles. The van der Waals surface area contributed by atoms with E-state index in [0.717, 1.165) is 27.0 Å². The highest BCUT2D eigenvalue weighted by atomic mass is 32.1. The van der Waals surface area contributed by atoms with Crippen molar-refractivity contribution < 1.29 is 14.3 Å². The number of aryl methyl sites for hydroxylation is 1. The number of nitrogens with two attached hydrogens (primary N) is 1. The third-order valence-electron chi connectivity index (χ3n) is 4.79. The maximum Gasteiger partial charge on any atom is 0.205 e. The molecule has 0 amide bonds. The number of benzene rings is 2. The first-order chi connectivity index (χ1) is 14.0. The van der Waals surface area contributed by atoms with Crippen LogP contribution in [-0.2, 0) is 0 Å². The Morgan fingerprint density at radius 3 is 2.38 bits per heavy atom. The first-order valence-electron chi connectivity index (χ1n) is 9.04. The van der Waals surface area contributed by atoms with E-state index in [1.165, 1.54) is 11.3 Å². The molecule has 5 nitrogen and oxygen atoms in total. The van der Waals surface area contributed by atoms with Gasteiger partial charge in [0.15, 0.2) is 11.5 Å². The monoisotopic (exact) mass is 404 g/mol. The molecule has 0 aliphatic rings. The van der Waals surface area contributed by atoms with E-state index in [-0.39, 0.29) is 5.78 Å². The van der Waals surface area contributed by atoms with Crippen LogP contribution in [0.25, 0.3) is 21.5 Å². The Hall–Kier alpha value is -3.38. The van der Waals surface area contributed by atoms with Gasteiger partial charge in [-0.1, -0.05) is 29.8 Å². The van der Waals surface area contributed by atoms with Crippen LogP contribution in [0.2, 0.25) is 0 Å². The van der Waals surface area contributed by atoms with Gasteiger partial charge >= 0.3 is 0 Å². The van der Waals surface area contributed by atoms with E-state index >= 15 is 0 Å². The highest BCUT2D eigenvalue weighted by molar-refractivity contribution is 7.21. The first-order valence-corrected chi connectivity index (χ1v) is 9.86. The van der Waals surface area contributed by atoms with Crippen LogP contribution in [0.15, 0.2) is 54.6 Å². The predicted molar refractivity (Wildman–Crippen MR) is 117 cm³/mol. The topological polar surface area (TPSA) is 74.4 Å². The summed E-state index contributed by atoms with van der Waals surface area (Å²) >= 11 is 1.32. The van der Waals surface area contributed by atoms with E-state index in [0.29, 0.717) is 27.6 Å². The quantitative estimate of drug-likeness (QED) is 0.468. The van der Waals surface area contributed by atoms with Crippen LogP contribution < -0.4 is 15.2 Å². The lowest BCUT2D eigenvalue weighted by molar-refractivity contribution is 0.104. The molecule has 0 spiro atoms. The van der Waals surface area contributed by atoms with Gasteiger partial charge in [-0.05, 0) is 37.3 Å². The van der Waals surface area contributed by atoms with Gasteiger partial charge in [-0.2, -0.15) is 0 Å². The van der Waals surface area contributed by atoms with Crippen molar-refractivity contribution in [3.05, 3.63) is 70.6 Å². The number of nitrogen functional groups attached to an aromatic ring is 1. The number of carbonyl (C=O) groups excluding carboxylic acids is 1. The van der Waals surface area contributed by atoms with Crippen LogP contribution in [0.4, 0.5) is 5.69 Å². The van der Waals surface area contributed by atoms with Crippen LogP contribution in [0, 0.1) is 6.92 Å². The number of hydrogen-bond acceptors (Lipinski definition) is 6. The zero-order valence-electron chi connectivity index (χ0n) is 16.4. The largest absolute Gasteiger partial charge is 0.493 e. The maximum absolute atomic E-state index is 12.9. The Morgan fingerprint density at radius 1 is 0.966 bits per heavy atom. The van der Waals surface area contributed by atoms with Gasteiger partial charge in [0.05, 0.1) is 25.6 Å². The van der Waals surface area contributed by atoms with E-state index in [1.807, 2.05) is 61.5 Å². The second-order valence-corrected chi connectivity index (χ2v) is 7.66. The molecule has 0 atom stereocenters. The maximum atomic E-state index is 12.9. The first kappa shape index (κ1) is 19.0. The van der Waals surface area contributed by atoms with E-state index in [1.54, 1.807) is 14.2 Å². The van der Waals surface area contributed by atoms with Crippen LogP contribution >= 0.6 is 11.3 Å². The van der Waals surface area contributed by atoms with Gasteiger partial charge in [-0.15, -0.1) is 11.3 Å². The second-order valence-electron chi connectivity index (χ2n) is 6.66. The fourth-order valence-corrected chi connectivity index (χ4v) is 4.21. The number of ketones is 1. The fraction of sp³-hybridized carbons (Fsp3) is 0.130. The van der Waals surface area contributed by atoms with Gasteiger partial charge in [0, 0.05) is 16.5 Å². The highest BCUT2D eigenvalue weighted by Gasteiger charge is 2.19. The average Bonchev–Trinajstić information content (AvgIpc) is 3.09. The lowest BCUT2D eigenvalue weighted by Crippen LogP contribution is -2.01. The number of hydrogen-bond donors (Lipinski definition) is 1. The molecule has 0 radical (unpaired) electrons. The number of aromatic nitrogens is 1. The van der Waals surface area contributed by atoms with Crippen molar-refractivity contribution in [2.45, 2.75) is 6.92 Å². The summed E-state index contributed by atoms with van der Waals surface area (Å²) in [5, 5.41) is 0.787. The van der Waals surface area contributed by atoms with Crippen LogP contribution in [0.1, 0.15) is 20.8 Å². The molecule has 6 heteroatoms. The van der Waals surface area contributed by atoms with E-state index < -0.39 is 0 Å². The van der Waals surface area contributed by atoms with E-state index in [9.17, 15) is 4.79 Å². The summed E-state index contributed by atoms with van der Waals surface area (Å²) in [6.45, 7) is 1.99. The van der Waals surface area contributed by atoms with Gasteiger partial charge in [0.1, 0.15) is 9.71 Å². The third kappa shape index (κ3) is 3.43. The standard InChI is InChI=1S/C23H20N2O3S/c1-13-4-6-14(7-5-13)21(26)22-20(24)16-9-10-17(25-23(16)29-22)15-8-11-18(27-2)19(12-15)28-3/h4-12H,24H2,1-3H3. The third-order valence-corrected chi connectivity index (χ3v) is 5.91. The Labute approximate surface area is 172 Å². The summed E-state index contributed by atoms with van der Waals surface area (Å²) in [4.78, 5) is 18.9. The number of thiophene rings is 1. The minimum Gasteiger partial charge on any atom is -0.493 e. The molecule has 0 saturated carbocycles. The molecular weight excluding hydrogens is 384 g/mol. The van der Waals surface area contributed by atoms with Gasteiger partial charge in [-0.25, -0.2) is 4.98 Å². The fourth-order valence-electron chi connectivity index (χ4n) is 3.16.